The molecular weight excluding hydrogens is 394 g/mol. The summed E-state index contributed by atoms with van der Waals surface area (Å²) < 4.78 is 8.21. The third kappa shape index (κ3) is 6.01. The molecule has 0 heterocycles. The number of hydrogen-bond donors (Lipinski definition) is 1. The number of halogens is 2. The van der Waals surface area contributed by atoms with Crippen molar-refractivity contribution in [1.82, 2.24) is 5.32 Å². The first kappa shape index (κ1) is 17.5. The maximum Gasteiger partial charge on any atom is 0.0575 e. The molecule has 1 aromatic rings. The largest absolute Gasteiger partial charge is 0.378 e. The van der Waals surface area contributed by atoms with Crippen LogP contribution in [0.15, 0.2) is 27.1 Å². The van der Waals surface area contributed by atoms with Gasteiger partial charge in [-0.2, -0.15) is 0 Å². The molecule has 0 aliphatic heterocycles. The zero-order chi connectivity index (χ0) is 15.1. The van der Waals surface area contributed by atoms with Crippen LogP contribution in [0.4, 0.5) is 0 Å². The molecule has 0 radical (unpaired) electrons. The number of nitrogens with one attached hydrogen (secondary N) is 1. The van der Waals surface area contributed by atoms with Crippen LogP contribution in [0.2, 0.25) is 0 Å². The van der Waals surface area contributed by atoms with E-state index < -0.39 is 0 Å². The highest BCUT2D eigenvalue weighted by atomic mass is 79.9. The molecule has 1 aromatic carbocycles. The van der Waals surface area contributed by atoms with E-state index in [1.54, 1.807) is 0 Å². The molecule has 0 saturated heterocycles. The van der Waals surface area contributed by atoms with E-state index in [2.05, 4.69) is 62.3 Å². The van der Waals surface area contributed by atoms with Crippen molar-refractivity contribution < 1.29 is 4.74 Å². The van der Waals surface area contributed by atoms with Crippen molar-refractivity contribution in [2.24, 2.45) is 0 Å². The molecule has 1 fully saturated rings. The molecule has 0 aromatic heterocycles. The van der Waals surface area contributed by atoms with Gasteiger partial charge >= 0.3 is 0 Å². The average molecular weight is 419 g/mol. The van der Waals surface area contributed by atoms with E-state index >= 15 is 0 Å². The fourth-order valence-electron chi connectivity index (χ4n) is 2.84. The van der Waals surface area contributed by atoms with Crippen LogP contribution < -0.4 is 5.32 Å². The Bertz CT molecular complexity index is 433. The highest BCUT2D eigenvalue weighted by Gasteiger charge is 2.13. The normalized spacial score (nSPS) is 17.9. The third-order valence-electron chi connectivity index (χ3n) is 4.11. The summed E-state index contributed by atoms with van der Waals surface area (Å²) in [4.78, 5) is 0. The fraction of sp³-hybridized carbons (Fsp3) is 0.647. The second kappa shape index (κ2) is 9.29. The summed E-state index contributed by atoms with van der Waals surface area (Å²) in [7, 11) is 0. The van der Waals surface area contributed by atoms with Gasteiger partial charge in [-0.25, -0.2) is 0 Å². The van der Waals surface area contributed by atoms with E-state index in [1.165, 1.54) is 37.7 Å². The second-order valence-electron chi connectivity index (χ2n) is 5.83. The average Bonchev–Trinajstić information content (AvgIpc) is 2.47. The predicted octanol–water partition coefficient (Wildman–Crippen LogP) is 5.60. The zero-order valence-electron chi connectivity index (χ0n) is 12.7. The maximum absolute atomic E-state index is 5.95. The standard InChI is InChI=1S/C17H25Br2NO/c1-13(16-9-8-14(18)12-17(16)19)20-10-5-11-21-15-6-3-2-4-7-15/h8-9,12-13,15,20H,2-7,10-11H2,1H3. The summed E-state index contributed by atoms with van der Waals surface area (Å²) in [5.41, 5.74) is 1.30. The van der Waals surface area contributed by atoms with Gasteiger partial charge in [-0.1, -0.05) is 57.2 Å². The van der Waals surface area contributed by atoms with E-state index in [-0.39, 0.29) is 0 Å². The molecule has 1 N–H and O–H groups in total. The molecule has 118 valence electrons. The van der Waals surface area contributed by atoms with Crippen LogP contribution in [0.3, 0.4) is 0 Å². The predicted molar refractivity (Wildman–Crippen MR) is 95.7 cm³/mol. The summed E-state index contributed by atoms with van der Waals surface area (Å²) in [5, 5.41) is 3.57. The van der Waals surface area contributed by atoms with Crippen molar-refractivity contribution in [1.29, 1.82) is 0 Å². The van der Waals surface area contributed by atoms with Gasteiger partial charge in [0.25, 0.3) is 0 Å². The van der Waals surface area contributed by atoms with Crippen LogP contribution in [0.5, 0.6) is 0 Å². The number of hydrogen-bond acceptors (Lipinski definition) is 2. The molecule has 1 unspecified atom stereocenters. The van der Waals surface area contributed by atoms with Crippen molar-refractivity contribution in [2.75, 3.05) is 13.2 Å². The fourth-order valence-corrected chi connectivity index (χ4v) is 4.23. The van der Waals surface area contributed by atoms with Crippen molar-refractivity contribution >= 4 is 31.9 Å². The van der Waals surface area contributed by atoms with Crippen molar-refractivity contribution in [3.8, 4) is 0 Å². The van der Waals surface area contributed by atoms with Crippen LogP contribution in [0, 0.1) is 0 Å². The first-order valence-electron chi connectivity index (χ1n) is 7.97. The molecule has 2 rings (SSSR count). The van der Waals surface area contributed by atoms with Crippen LogP contribution in [0.25, 0.3) is 0 Å². The third-order valence-corrected chi connectivity index (χ3v) is 5.29. The summed E-state index contributed by atoms with van der Waals surface area (Å²) >= 11 is 7.12. The van der Waals surface area contributed by atoms with Gasteiger partial charge in [0.15, 0.2) is 0 Å². The lowest BCUT2D eigenvalue weighted by Crippen LogP contribution is -2.23. The molecule has 1 saturated carbocycles. The molecule has 0 bridgehead atoms. The maximum atomic E-state index is 5.95. The van der Waals surface area contributed by atoms with Crippen molar-refractivity contribution in [3.05, 3.63) is 32.7 Å². The van der Waals surface area contributed by atoms with Gasteiger partial charge in [0.1, 0.15) is 0 Å². The molecule has 1 atom stereocenters. The summed E-state index contributed by atoms with van der Waals surface area (Å²) in [6.45, 7) is 4.08. The minimum atomic E-state index is 0.349. The monoisotopic (exact) mass is 417 g/mol. The van der Waals surface area contributed by atoms with Gasteiger partial charge in [0.2, 0.25) is 0 Å². The van der Waals surface area contributed by atoms with Crippen molar-refractivity contribution in [2.45, 2.75) is 57.6 Å². The lowest BCUT2D eigenvalue weighted by molar-refractivity contribution is 0.0271. The van der Waals surface area contributed by atoms with Gasteiger partial charge in [0, 0.05) is 21.6 Å². The number of ether oxygens (including phenoxy) is 1. The SMILES string of the molecule is CC(NCCCOC1CCCCC1)c1ccc(Br)cc1Br. The lowest BCUT2D eigenvalue weighted by atomic mass is 9.98. The Hall–Kier alpha value is 0.1000. The minimum Gasteiger partial charge on any atom is -0.378 e. The zero-order valence-corrected chi connectivity index (χ0v) is 15.9. The molecule has 2 nitrogen and oxygen atoms in total. The van der Waals surface area contributed by atoms with Gasteiger partial charge in [-0.05, 0) is 50.4 Å². The van der Waals surface area contributed by atoms with E-state index in [4.69, 9.17) is 4.74 Å². The summed E-state index contributed by atoms with van der Waals surface area (Å²) in [5.74, 6) is 0. The Balaban J connectivity index is 1.63. The molecule has 1 aliphatic rings. The lowest BCUT2D eigenvalue weighted by Gasteiger charge is -2.22. The molecule has 0 amide bonds. The molecule has 21 heavy (non-hydrogen) atoms. The van der Waals surface area contributed by atoms with Gasteiger partial charge < -0.3 is 10.1 Å². The van der Waals surface area contributed by atoms with Crippen LogP contribution >= 0.6 is 31.9 Å². The summed E-state index contributed by atoms with van der Waals surface area (Å²) in [6.07, 6.45) is 8.20. The highest BCUT2D eigenvalue weighted by molar-refractivity contribution is 9.11. The molecule has 1 aliphatic carbocycles. The highest BCUT2D eigenvalue weighted by Crippen LogP contribution is 2.26. The molecule has 4 heteroatoms. The second-order valence-corrected chi connectivity index (χ2v) is 7.60. The van der Waals surface area contributed by atoms with E-state index in [1.807, 2.05) is 0 Å². The summed E-state index contributed by atoms with van der Waals surface area (Å²) in [6, 6.07) is 6.69. The minimum absolute atomic E-state index is 0.349. The number of benzene rings is 1. The quantitative estimate of drug-likeness (QED) is 0.581. The van der Waals surface area contributed by atoms with Crippen LogP contribution in [-0.4, -0.2) is 19.3 Å². The first-order valence-corrected chi connectivity index (χ1v) is 9.55. The molecular formula is C17H25Br2NO. The Labute approximate surface area is 145 Å². The van der Waals surface area contributed by atoms with Gasteiger partial charge in [-0.3, -0.25) is 0 Å². The molecule has 0 spiro atoms. The van der Waals surface area contributed by atoms with E-state index in [0.29, 0.717) is 12.1 Å². The van der Waals surface area contributed by atoms with Gasteiger partial charge in [-0.15, -0.1) is 0 Å². The first-order chi connectivity index (χ1) is 10.2. The van der Waals surface area contributed by atoms with E-state index in [9.17, 15) is 0 Å². The topological polar surface area (TPSA) is 21.3 Å². The van der Waals surface area contributed by atoms with E-state index in [0.717, 1.165) is 28.5 Å². The number of rotatable bonds is 7. The Morgan fingerprint density at radius 1 is 1.24 bits per heavy atom. The smallest absolute Gasteiger partial charge is 0.0575 e. The Kier molecular flexibility index (Phi) is 7.72. The Morgan fingerprint density at radius 3 is 2.71 bits per heavy atom. The Morgan fingerprint density at radius 2 is 2.00 bits per heavy atom. The van der Waals surface area contributed by atoms with Crippen molar-refractivity contribution in [3.63, 3.8) is 0 Å². The van der Waals surface area contributed by atoms with Crippen LogP contribution in [0.1, 0.15) is 57.1 Å². The van der Waals surface area contributed by atoms with Crippen LogP contribution in [-0.2, 0) is 4.74 Å². The van der Waals surface area contributed by atoms with Gasteiger partial charge in [0.05, 0.1) is 6.10 Å².